The van der Waals surface area contributed by atoms with Crippen molar-refractivity contribution in [1.82, 2.24) is 4.90 Å². The number of hydrogen-bond acceptors (Lipinski definition) is 3. The molecule has 0 saturated heterocycles. The Balaban J connectivity index is 1.93. The van der Waals surface area contributed by atoms with Crippen LogP contribution in [0.3, 0.4) is 0 Å². The quantitative estimate of drug-likeness (QED) is 0.0704. The standard InChI is InChI=1S/C35H69NO2/c1-5-6-7-8-9-10-11-12-13-14-15-16-17-18-19-21-25-28-33(31-36(2)3)34-30-32(34)27-24-22-20-23-26-29-35(37)38-4/h32-34H,5-31H2,1-4H3. The first-order valence-electron chi connectivity index (χ1n) is 17.3. The van der Waals surface area contributed by atoms with Crippen molar-refractivity contribution < 1.29 is 9.53 Å². The van der Waals surface area contributed by atoms with E-state index < -0.39 is 0 Å². The SMILES string of the molecule is CCCCCCCCCCCCCCCCCCCC(CN(C)C)C1CC1CCCCCCCC(=O)OC. The molecule has 1 rings (SSSR count). The molecular weight excluding hydrogens is 466 g/mol. The molecule has 0 spiro atoms. The van der Waals surface area contributed by atoms with Gasteiger partial charge in [-0.15, -0.1) is 0 Å². The first-order chi connectivity index (χ1) is 18.6. The number of unbranched alkanes of at least 4 members (excludes halogenated alkanes) is 20. The molecule has 3 atom stereocenters. The number of carbonyl (C=O) groups excluding carboxylic acids is 1. The van der Waals surface area contributed by atoms with E-state index in [1.807, 2.05) is 0 Å². The van der Waals surface area contributed by atoms with Crippen LogP contribution in [0.15, 0.2) is 0 Å². The highest BCUT2D eigenvalue weighted by Gasteiger charge is 2.41. The topological polar surface area (TPSA) is 29.5 Å². The van der Waals surface area contributed by atoms with Gasteiger partial charge in [-0.05, 0) is 51.1 Å². The second-order valence-electron chi connectivity index (χ2n) is 13.0. The number of hydrogen-bond donors (Lipinski definition) is 0. The van der Waals surface area contributed by atoms with Crippen molar-refractivity contribution in [2.75, 3.05) is 27.7 Å². The number of ether oxygens (including phenoxy) is 1. The molecule has 38 heavy (non-hydrogen) atoms. The molecule has 3 nitrogen and oxygen atoms in total. The van der Waals surface area contributed by atoms with Gasteiger partial charge in [0.25, 0.3) is 0 Å². The summed E-state index contributed by atoms with van der Waals surface area (Å²) in [5.74, 6) is 2.86. The Bertz CT molecular complexity index is 520. The third kappa shape index (κ3) is 21.3. The minimum Gasteiger partial charge on any atom is -0.469 e. The van der Waals surface area contributed by atoms with E-state index >= 15 is 0 Å². The fourth-order valence-corrected chi connectivity index (χ4v) is 6.53. The predicted molar refractivity (Wildman–Crippen MR) is 167 cm³/mol. The largest absolute Gasteiger partial charge is 0.469 e. The van der Waals surface area contributed by atoms with Gasteiger partial charge in [-0.25, -0.2) is 0 Å². The van der Waals surface area contributed by atoms with Crippen LogP contribution in [0, 0.1) is 17.8 Å². The van der Waals surface area contributed by atoms with Crippen molar-refractivity contribution in [3.8, 4) is 0 Å². The summed E-state index contributed by atoms with van der Waals surface area (Å²) in [4.78, 5) is 13.6. The molecule has 1 saturated carbocycles. The Morgan fingerprint density at radius 1 is 0.684 bits per heavy atom. The Labute approximate surface area is 239 Å². The Morgan fingerprint density at radius 3 is 1.61 bits per heavy atom. The van der Waals surface area contributed by atoms with E-state index in [9.17, 15) is 4.79 Å². The molecule has 0 aromatic carbocycles. The average molecular weight is 536 g/mol. The number of rotatable bonds is 29. The summed E-state index contributed by atoms with van der Waals surface area (Å²) >= 11 is 0. The van der Waals surface area contributed by atoms with Gasteiger partial charge in [0.05, 0.1) is 7.11 Å². The summed E-state index contributed by atoms with van der Waals surface area (Å²) in [6, 6.07) is 0. The number of carbonyl (C=O) groups is 1. The lowest BCUT2D eigenvalue weighted by atomic mass is 9.93. The molecule has 226 valence electrons. The van der Waals surface area contributed by atoms with Gasteiger partial charge in [0, 0.05) is 13.0 Å². The zero-order valence-electron chi connectivity index (χ0n) is 26.6. The van der Waals surface area contributed by atoms with Crippen LogP contribution >= 0.6 is 0 Å². The highest BCUT2D eigenvalue weighted by molar-refractivity contribution is 5.68. The minimum absolute atomic E-state index is 0.0580. The first kappa shape index (κ1) is 35.5. The van der Waals surface area contributed by atoms with Crippen LogP contribution in [0.25, 0.3) is 0 Å². The van der Waals surface area contributed by atoms with Crippen molar-refractivity contribution in [2.24, 2.45) is 17.8 Å². The normalized spacial score (nSPS) is 17.7. The molecule has 0 aromatic rings. The molecule has 0 radical (unpaired) electrons. The van der Waals surface area contributed by atoms with Gasteiger partial charge in [-0.2, -0.15) is 0 Å². The first-order valence-corrected chi connectivity index (χ1v) is 17.3. The van der Waals surface area contributed by atoms with Crippen LogP contribution in [0.2, 0.25) is 0 Å². The third-order valence-corrected chi connectivity index (χ3v) is 9.04. The van der Waals surface area contributed by atoms with Gasteiger partial charge in [0.15, 0.2) is 0 Å². The highest BCUT2D eigenvalue weighted by Crippen LogP contribution is 2.49. The monoisotopic (exact) mass is 536 g/mol. The maximum Gasteiger partial charge on any atom is 0.305 e. The molecule has 1 aliphatic rings. The minimum atomic E-state index is -0.0580. The van der Waals surface area contributed by atoms with Gasteiger partial charge in [0.2, 0.25) is 0 Å². The maximum absolute atomic E-state index is 11.2. The van der Waals surface area contributed by atoms with E-state index in [-0.39, 0.29) is 5.97 Å². The molecular formula is C35H69NO2. The van der Waals surface area contributed by atoms with Crippen LogP contribution in [0.5, 0.6) is 0 Å². The van der Waals surface area contributed by atoms with Gasteiger partial charge in [-0.3, -0.25) is 4.79 Å². The smallest absolute Gasteiger partial charge is 0.305 e. The summed E-state index contributed by atoms with van der Waals surface area (Å²) in [6.07, 6.45) is 35.9. The van der Waals surface area contributed by atoms with E-state index in [0.29, 0.717) is 6.42 Å². The lowest BCUT2D eigenvalue weighted by Gasteiger charge is -2.21. The lowest BCUT2D eigenvalue weighted by Crippen LogP contribution is -2.23. The van der Waals surface area contributed by atoms with Crippen molar-refractivity contribution in [2.45, 2.75) is 174 Å². The van der Waals surface area contributed by atoms with Gasteiger partial charge in [0.1, 0.15) is 0 Å². The van der Waals surface area contributed by atoms with E-state index in [1.54, 1.807) is 0 Å². The van der Waals surface area contributed by atoms with Crippen molar-refractivity contribution in [3.63, 3.8) is 0 Å². The summed E-state index contributed by atoms with van der Waals surface area (Å²) in [5, 5.41) is 0. The lowest BCUT2D eigenvalue weighted by molar-refractivity contribution is -0.140. The summed E-state index contributed by atoms with van der Waals surface area (Å²) in [6.45, 7) is 3.59. The number of methoxy groups -OCH3 is 1. The Kier molecular flexibility index (Phi) is 23.7. The molecule has 1 fully saturated rings. The number of esters is 1. The Morgan fingerprint density at radius 2 is 1.13 bits per heavy atom. The number of nitrogens with zero attached hydrogens (tertiary/aromatic N) is 1. The van der Waals surface area contributed by atoms with Crippen LogP contribution in [-0.4, -0.2) is 38.6 Å². The Hall–Kier alpha value is -0.570. The van der Waals surface area contributed by atoms with Crippen molar-refractivity contribution >= 4 is 5.97 Å². The molecule has 0 aliphatic heterocycles. The molecule has 0 amide bonds. The molecule has 0 N–H and O–H groups in total. The zero-order valence-corrected chi connectivity index (χ0v) is 26.6. The molecule has 3 unspecified atom stereocenters. The van der Waals surface area contributed by atoms with Gasteiger partial charge < -0.3 is 9.64 Å². The van der Waals surface area contributed by atoms with E-state index in [4.69, 9.17) is 4.74 Å². The molecule has 0 bridgehead atoms. The van der Waals surface area contributed by atoms with Gasteiger partial charge in [-0.1, -0.05) is 148 Å². The fraction of sp³-hybridized carbons (Fsp3) is 0.971. The van der Waals surface area contributed by atoms with Crippen molar-refractivity contribution in [1.29, 1.82) is 0 Å². The van der Waals surface area contributed by atoms with Crippen LogP contribution in [0.1, 0.15) is 174 Å². The van der Waals surface area contributed by atoms with Crippen molar-refractivity contribution in [3.05, 3.63) is 0 Å². The predicted octanol–water partition coefficient (Wildman–Crippen LogP) is 10.7. The molecule has 3 heteroatoms. The summed E-state index contributed by atoms with van der Waals surface area (Å²) in [5.41, 5.74) is 0. The van der Waals surface area contributed by atoms with Gasteiger partial charge >= 0.3 is 5.97 Å². The molecule has 0 aromatic heterocycles. The third-order valence-electron chi connectivity index (χ3n) is 9.04. The van der Waals surface area contributed by atoms with E-state index in [0.717, 1.165) is 24.2 Å². The average Bonchev–Trinajstić information content (AvgIpc) is 3.68. The molecule has 0 heterocycles. The zero-order chi connectivity index (χ0) is 27.7. The van der Waals surface area contributed by atoms with E-state index in [1.165, 1.54) is 168 Å². The van der Waals surface area contributed by atoms with Crippen LogP contribution < -0.4 is 0 Å². The second kappa shape index (κ2) is 25.4. The van der Waals surface area contributed by atoms with E-state index in [2.05, 4.69) is 25.9 Å². The molecule has 1 aliphatic carbocycles. The maximum atomic E-state index is 11.2. The highest BCUT2D eigenvalue weighted by atomic mass is 16.5. The summed E-state index contributed by atoms with van der Waals surface area (Å²) < 4.78 is 4.72. The van der Waals surface area contributed by atoms with Crippen LogP contribution in [0.4, 0.5) is 0 Å². The second-order valence-corrected chi connectivity index (χ2v) is 13.0. The van der Waals surface area contributed by atoms with Crippen LogP contribution in [-0.2, 0) is 9.53 Å². The summed E-state index contributed by atoms with van der Waals surface area (Å²) in [7, 11) is 6.00. The fourth-order valence-electron chi connectivity index (χ4n) is 6.53.